The van der Waals surface area contributed by atoms with Crippen LogP contribution in [0, 0.1) is 23.7 Å². The molecule has 0 atom stereocenters. The normalized spacial score (nSPS) is 32.7. The van der Waals surface area contributed by atoms with E-state index < -0.39 is 6.11 Å². The SMILES string of the molecule is C=CC1CCC(CC(F)(F)OCC2CCC(CCC)CC2)CC1. The molecule has 2 aliphatic rings. The van der Waals surface area contributed by atoms with Crippen LogP contribution in [-0.4, -0.2) is 12.7 Å². The molecule has 0 spiro atoms. The van der Waals surface area contributed by atoms with Crippen LogP contribution in [0.25, 0.3) is 0 Å². The predicted molar refractivity (Wildman–Crippen MR) is 91.5 cm³/mol. The Labute approximate surface area is 140 Å². The van der Waals surface area contributed by atoms with E-state index in [0.717, 1.165) is 44.4 Å². The first-order chi connectivity index (χ1) is 11.0. The van der Waals surface area contributed by atoms with Gasteiger partial charge in [0, 0.05) is 6.42 Å². The maximum atomic E-state index is 14.1. The summed E-state index contributed by atoms with van der Waals surface area (Å²) < 4.78 is 33.3. The molecule has 0 aliphatic heterocycles. The molecule has 0 unspecified atom stereocenters. The fourth-order valence-corrected chi connectivity index (χ4v) is 4.36. The summed E-state index contributed by atoms with van der Waals surface area (Å²) >= 11 is 0. The van der Waals surface area contributed by atoms with Crippen LogP contribution in [-0.2, 0) is 4.74 Å². The fourth-order valence-electron chi connectivity index (χ4n) is 4.36. The highest BCUT2D eigenvalue weighted by molar-refractivity contribution is 4.84. The molecule has 1 nitrogen and oxygen atoms in total. The Balaban J connectivity index is 1.65. The Morgan fingerprint density at radius 3 is 2.09 bits per heavy atom. The molecule has 2 aliphatic carbocycles. The third-order valence-electron chi connectivity index (χ3n) is 5.94. The summed E-state index contributed by atoms with van der Waals surface area (Å²) in [5.74, 6) is 1.79. The van der Waals surface area contributed by atoms with E-state index in [1.54, 1.807) is 0 Å². The van der Waals surface area contributed by atoms with Gasteiger partial charge in [0.1, 0.15) is 0 Å². The smallest absolute Gasteiger partial charge is 0.320 e. The third-order valence-corrected chi connectivity index (χ3v) is 5.94. The Kier molecular flexibility index (Phi) is 7.52. The van der Waals surface area contributed by atoms with Crippen LogP contribution in [0.1, 0.15) is 77.6 Å². The molecule has 0 radical (unpaired) electrons. The van der Waals surface area contributed by atoms with E-state index in [1.165, 1.54) is 25.7 Å². The molecule has 2 rings (SSSR count). The van der Waals surface area contributed by atoms with E-state index in [0.29, 0.717) is 11.8 Å². The Bertz CT molecular complexity index is 340. The number of hydrogen-bond donors (Lipinski definition) is 0. The Morgan fingerprint density at radius 2 is 1.52 bits per heavy atom. The molecule has 0 saturated heterocycles. The van der Waals surface area contributed by atoms with Crippen LogP contribution >= 0.6 is 0 Å². The third kappa shape index (κ3) is 6.52. The second-order valence-electron chi connectivity index (χ2n) is 7.84. The molecule has 0 aromatic carbocycles. The Hall–Kier alpha value is -0.440. The van der Waals surface area contributed by atoms with Gasteiger partial charge in [0.15, 0.2) is 0 Å². The lowest BCUT2D eigenvalue weighted by Crippen LogP contribution is -2.30. The highest BCUT2D eigenvalue weighted by atomic mass is 19.3. The van der Waals surface area contributed by atoms with Crippen molar-refractivity contribution in [2.75, 3.05) is 6.61 Å². The maximum Gasteiger partial charge on any atom is 0.356 e. The van der Waals surface area contributed by atoms with E-state index in [4.69, 9.17) is 4.74 Å². The molecule has 0 aromatic heterocycles. The minimum atomic E-state index is -2.94. The number of allylic oxidation sites excluding steroid dienone is 1. The van der Waals surface area contributed by atoms with Crippen molar-refractivity contribution in [1.82, 2.24) is 0 Å². The maximum absolute atomic E-state index is 14.1. The zero-order chi connectivity index (χ0) is 16.7. The second-order valence-corrected chi connectivity index (χ2v) is 7.84. The van der Waals surface area contributed by atoms with Crippen LogP contribution in [0.3, 0.4) is 0 Å². The number of rotatable bonds is 8. The molecular weight excluding hydrogens is 294 g/mol. The van der Waals surface area contributed by atoms with Crippen molar-refractivity contribution in [3.05, 3.63) is 12.7 Å². The van der Waals surface area contributed by atoms with E-state index in [2.05, 4.69) is 13.5 Å². The highest BCUT2D eigenvalue weighted by Gasteiger charge is 2.36. The van der Waals surface area contributed by atoms with Gasteiger partial charge in [-0.1, -0.05) is 38.7 Å². The minimum absolute atomic E-state index is 0.0952. The van der Waals surface area contributed by atoms with E-state index in [9.17, 15) is 8.78 Å². The fraction of sp³-hybridized carbons (Fsp3) is 0.900. The van der Waals surface area contributed by atoms with Gasteiger partial charge in [-0.2, -0.15) is 8.78 Å². The number of halogens is 2. The van der Waals surface area contributed by atoms with E-state index in [-0.39, 0.29) is 18.9 Å². The van der Waals surface area contributed by atoms with Crippen LogP contribution in [0.2, 0.25) is 0 Å². The summed E-state index contributed by atoms with van der Waals surface area (Å²) in [6.07, 6.45) is 9.75. The summed E-state index contributed by atoms with van der Waals surface area (Å²) in [6.45, 7) is 6.27. The molecule has 2 fully saturated rings. The average Bonchev–Trinajstić information content (AvgIpc) is 2.55. The number of hydrogen-bond acceptors (Lipinski definition) is 1. The van der Waals surface area contributed by atoms with Gasteiger partial charge in [-0.15, -0.1) is 6.58 Å². The van der Waals surface area contributed by atoms with Crippen molar-refractivity contribution < 1.29 is 13.5 Å². The van der Waals surface area contributed by atoms with Gasteiger partial charge in [-0.05, 0) is 62.2 Å². The quantitative estimate of drug-likeness (QED) is 0.457. The zero-order valence-electron chi connectivity index (χ0n) is 14.7. The van der Waals surface area contributed by atoms with Crippen molar-refractivity contribution in [3.8, 4) is 0 Å². The lowest BCUT2D eigenvalue weighted by Gasteiger charge is -2.31. The van der Waals surface area contributed by atoms with Gasteiger partial charge in [0.25, 0.3) is 0 Å². The van der Waals surface area contributed by atoms with Crippen LogP contribution < -0.4 is 0 Å². The van der Waals surface area contributed by atoms with Crippen molar-refractivity contribution in [2.45, 2.75) is 83.7 Å². The summed E-state index contributed by atoms with van der Waals surface area (Å²) in [7, 11) is 0. The van der Waals surface area contributed by atoms with Crippen LogP contribution in [0.5, 0.6) is 0 Å². The molecule has 2 saturated carbocycles. The van der Waals surface area contributed by atoms with Crippen LogP contribution in [0.15, 0.2) is 12.7 Å². The summed E-state index contributed by atoms with van der Waals surface area (Å²) in [5.41, 5.74) is 0. The van der Waals surface area contributed by atoms with Gasteiger partial charge >= 0.3 is 6.11 Å². The largest absolute Gasteiger partial charge is 0.356 e. The standard InChI is InChI=1S/C20H34F2O/c1-3-5-17-8-12-19(13-9-17)15-23-20(21,22)14-18-10-6-16(4-2)7-11-18/h4,16-19H,2-3,5-15H2,1H3. The van der Waals surface area contributed by atoms with Gasteiger partial charge in [0.05, 0.1) is 6.61 Å². The average molecular weight is 328 g/mol. The molecule has 0 heterocycles. The lowest BCUT2D eigenvalue weighted by atomic mass is 9.80. The Morgan fingerprint density at radius 1 is 0.957 bits per heavy atom. The topological polar surface area (TPSA) is 9.23 Å². The summed E-state index contributed by atoms with van der Waals surface area (Å²) in [5, 5.41) is 0. The monoisotopic (exact) mass is 328 g/mol. The van der Waals surface area contributed by atoms with Crippen molar-refractivity contribution in [1.29, 1.82) is 0 Å². The zero-order valence-corrected chi connectivity index (χ0v) is 14.7. The van der Waals surface area contributed by atoms with Gasteiger partial charge in [-0.25, -0.2) is 0 Å². The highest BCUT2D eigenvalue weighted by Crippen LogP contribution is 2.38. The first-order valence-electron chi connectivity index (χ1n) is 9.66. The van der Waals surface area contributed by atoms with Crippen molar-refractivity contribution >= 4 is 0 Å². The lowest BCUT2D eigenvalue weighted by molar-refractivity contribution is -0.256. The second kappa shape index (κ2) is 9.15. The van der Waals surface area contributed by atoms with E-state index >= 15 is 0 Å². The molecular formula is C20H34F2O. The molecule has 134 valence electrons. The van der Waals surface area contributed by atoms with Crippen molar-refractivity contribution in [3.63, 3.8) is 0 Å². The molecule has 0 aromatic rings. The molecule has 23 heavy (non-hydrogen) atoms. The van der Waals surface area contributed by atoms with Crippen LogP contribution in [0.4, 0.5) is 8.78 Å². The summed E-state index contributed by atoms with van der Waals surface area (Å²) in [4.78, 5) is 0. The van der Waals surface area contributed by atoms with Crippen molar-refractivity contribution in [2.24, 2.45) is 23.7 Å². The molecule has 0 N–H and O–H groups in total. The first-order valence-corrected chi connectivity index (χ1v) is 9.66. The minimum Gasteiger partial charge on any atom is -0.320 e. The predicted octanol–water partition coefficient (Wildman–Crippen LogP) is 6.58. The summed E-state index contributed by atoms with van der Waals surface area (Å²) in [6, 6.07) is 0. The first kappa shape index (κ1) is 18.9. The van der Waals surface area contributed by atoms with Gasteiger partial charge in [-0.3, -0.25) is 0 Å². The molecule has 3 heteroatoms. The van der Waals surface area contributed by atoms with E-state index in [1.807, 2.05) is 6.08 Å². The van der Waals surface area contributed by atoms with Gasteiger partial charge in [0.2, 0.25) is 0 Å². The molecule has 0 amide bonds. The number of ether oxygens (including phenoxy) is 1. The number of alkyl halides is 2. The van der Waals surface area contributed by atoms with Gasteiger partial charge < -0.3 is 4.74 Å². The molecule has 0 bridgehead atoms.